The summed E-state index contributed by atoms with van der Waals surface area (Å²) in [6.45, 7) is 2.25. The van der Waals surface area contributed by atoms with Crippen LogP contribution in [-0.4, -0.2) is 5.97 Å². The summed E-state index contributed by atoms with van der Waals surface area (Å²) >= 11 is 23.9. The minimum atomic E-state index is -0.356. The van der Waals surface area contributed by atoms with Crippen LogP contribution < -0.4 is 4.74 Å². The van der Waals surface area contributed by atoms with E-state index in [-0.39, 0.29) is 31.8 Å². The number of halogens is 4. The highest BCUT2D eigenvalue weighted by molar-refractivity contribution is 6.50. The molecule has 0 saturated carbocycles. The van der Waals surface area contributed by atoms with E-state index in [4.69, 9.17) is 51.1 Å². The van der Waals surface area contributed by atoms with Crippen LogP contribution in [0.3, 0.4) is 0 Å². The van der Waals surface area contributed by atoms with E-state index >= 15 is 0 Å². The van der Waals surface area contributed by atoms with Gasteiger partial charge in [0.15, 0.2) is 5.75 Å². The van der Waals surface area contributed by atoms with E-state index < -0.39 is 0 Å². The summed E-state index contributed by atoms with van der Waals surface area (Å²) in [7, 11) is 0. The summed E-state index contributed by atoms with van der Waals surface area (Å²) in [5.74, 6) is -0.275. The van der Waals surface area contributed by atoms with Gasteiger partial charge in [-0.3, -0.25) is 4.79 Å². The molecule has 0 bridgehead atoms. The molecule has 0 heterocycles. The fourth-order valence-electron chi connectivity index (χ4n) is 3.10. The van der Waals surface area contributed by atoms with Gasteiger partial charge in [0.1, 0.15) is 5.02 Å². The minimum Gasteiger partial charge on any atom is -0.423 e. The first-order valence-corrected chi connectivity index (χ1v) is 12.0. The van der Waals surface area contributed by atoms with Crippen LogP contribution in [0.5, 0.6) is 5.75 Å². The second kappa shape index (κ2) is 15.7. The van der Waals surface area contributed by atoms with Gasteiger partial charge in [0, 0.05) is 6.42 Å². The number of ether oxygens (including phenoxy) is 1. The van der Waals surface area contributed by atoms with Gasteiger partial charge in [0.05, 0.1) is 15.1 Å². The van der Waals surface area contributed by atoms with Gasteiger partial charge in [-0.15, -0.1) is 0 Å². The van der Waals surface area contributed by atoms with Crippen molar-refractivity contribution in [3.63, 3.8) is 0 Å². The number of carbonyl (C=O) groups excluding carboxylic acids is 1. The minimum absolute atomic E-state index is 0.0675. The predicted molar refractivity (Wildman–Crippen MR) is 122 cm³/mol. The molecule has 0 aliphatic carbocycles. The van der Waals surface area contributed by atoms with Gasteiger partial charge >= 0.3 is 5.97 Å². The Balaban J connectivity index is 2.05. The summed E-state index contributed by atoms with van der Waals surface area (Å²) in [6.07, 6.45) is 16.7. The maximum absolute atomic E-state index is 12.0. The van der Waals surface area contributed by atoms with Gasteiger partial charge in [0.2, 0.25) is 0 Å². The van der Waals surface area contributed by atoms with Crippen LogP contribution in [0.4, 0.5) is 0 Å². The summed E-state index contributed by atoms with van der Waals surface area (Å²) < 4.78 is 5.27. The third kappa shape index (κ3) is 10.6. The predicted octanol–water partition coefficient (Wildman–Crippen LogP) is 9.69. The molecule has 0 aliphatic rings. The summed E-state index contributed by atoms with van der Waals surface area (Å²) in [5.41, 5.74) is 0. The van der Waals surface area contributed by atoms with Crippen molar-refractivity contribution in [1.29, 1.82) is 0 Å². The van der Waals surface area contributed by atoms with Crippen LogP contribution in [0.25, 0.3) is 0 Å². The van der Waals surface area contributed by atoms with E-state index in [9.17, 15) is 4.79 Å². The zero-order chi connectivity index (χ0) is 20.8. The third-order valence-electron chi connectivity index (χ3n) is 4.77. The molecule has 28 heavy (non-hydrogen) atoms. The highest BCUT2D eigenvalue weighted by Crippen LogP contribution is 2.42. The Morgan fingerprint density at radius 3 is 1.68 bits per heavy atom. The molecule has 0 radical (unpaired) electrons. The third-order valence-corrected chi connectivity index (χ3v) is 6.30. The molecule has 0 N–H and O–H groups in total. The average Bonchev–Trinajstić information content (AvgIpc) is 2.67. The second-order valence-electron chi connectivity index (χ2n) is 7.26. The van der Waals surface area contributed by atoms with Gasteiger partial charge in [-0.25, -0.2) is 0 Å². The molecule has 0 spiro atoms. The molecule has 6 heteroatoms. The first-order chi connectivity index (χ1) is 13.5. The largest absolute Gasteiger partial charge is 0.423 e. The molecule has 0 aliphatic heterocycles. The second-order valence-corrected chi connectivity index (χ2v) is 8.83. The lowest BCUT2D eigenvalue weighted by Gasteiger charge is -2.10. The van der Waals surface area contributed by atoms with Crippen molar-refractivity contribution in [3.05, 3.63) is 26.2 Å². The monoisotopic (exact) mass is 468 g/mol. The Morgan fingerprint density at radius 1 is 0.714 bits per heavy atom. The van der Waals surface area contributed by atoms with Crippen LogP contribution >= 0.6 is 46.4 Å². The van der Waals surface area contributed by atoms with Crippen LogP contribution in [-0.2, 0) is 4.79 Å². The van der Waals surface area contributed by atoms with Gasteiger partial charge in [-0.05, 0) is 12.5 Å². The number of rotatable bonds is 15. The number of unbranched alkanes of at least 4 members (excludes halogenated alkanes) is 12. The Labute approximate surface area is 190 Å². The van der Waals surface area contributed by atoms with E-state index in [0.29, 0.717) is 6.42 Å². The highest BCUT2D eigenvalue weighted by Gasteiger charge is 2.17. The number of benzene rings is 1. The summed E-state index contributed by atoms with van der Waals surface area (Å²) in [5, 5.41) is 0.612. The first-order valence-electron chi connectivity index (χ1n) is 10.5. The smallest absolute Gasteiger partial charge is 0.311 e. The molecular formula is C22H32Cl4O2. The van der Waals surface area contributed by atoms with Gasteiger partial charge in [-0.2, -0.15) is 0 Å². The lowest BCUT2D eigenvalue weighted by Crippen LogP contribution is -2.08. The zero-order valence-electron chi connectivity index (χ0n) is 16.8. The van der Waals surface area contributed by atoms with Gasteiger partial charge in [-0.1, -0.05) is 130 Å². The number of carbonyl (C=O) groups is 1. The van der Waals surface area contributed by atoms with Crippen molar-refractivity contribution in [2.24, 2.45) is 0 Å². The van der Waals surface area contributed by atoms with E-state index in [1.165, 1.54) is 70.3 Å². The summed E-state index contributed by atoms with van der Waals surface area (Å²) in [6, 6.07) is 1.42. The number of hydrogen-bond donors (Lipinski definition) is 0. The standard InChI is InChI=1S/C22H32Cl4O2/c1-2-3-4-5-6-7-8-9-10-11-12-13-14-15-19(27)28-22-18(24)16-17(23)20(25)21(22)26/h16H,2-15H2,1H3. The van der Waals surface area contributed by atoms with Crippen molar-refractivity contribution in [1.82, 2.24) is 0 Å². The van der Waals surface area contributed by atoms with Gasteiger partial charge < -0.3 is 4.74 Å². The Morgan fingerprint density at radius 2 is 1.18 bits per heavy atom. The molecule has 1 aromatic rings. The fraction of sp³-hybridized carbons (Fsp3) is 0.682. The fourth-order valence-corrected chi connectivity index (χ4v) is 4.08. The SMILES string of the molecule is CCCCCCCCCCCCCCCC(=O)Oc1c(Cl)cc(Cl)c(Cl)c1Cl. The van der Waals surface area contributed by atoms with Crippen molar-refractivity contribution in [3.8, 4) is 5.75 Å². The molecule has 0 aromatic heterocycles. The molecule has 0 saturated heterocycles. The highest BCUT2D eigenvalue weighted by atomic mass is 35.5. The van der Waals surface area contributed by atoms with E-state index in [0.717, 1.165) is 19.3 Å². The number of hydrogen-bond acceptors (Lipinski definition) is 2. The van der Waals surface area contributed by atoms with Crippen molar-refractivity contribution in [2.45, 2.75) is 96.8 Å². The van der Waals surface area contributed by atoms with Crippen LogP contribution in [0.2, 0.25) is 20.1 Å². The van der Waals surface area contributed by atoms with E-state index in [1.807, 2.05) is 0 Å². The first kappa shape index (κ1) is 25.9. The molecule has 0 amide bonds. The Kier molecular flexibility index (Phi) is 14.5. The van der Waals surface area contributed by atoms with Crippen molar-refractivity contribution < 1.29 is 9.53 Å². The molecular weight excluding hydrogens is 438 g/mol. The topological polar surface area (TPSA) is 26.3 Å². The molecule has 0 unspecified atom stereocenters. The normalized spacial score (nSPS) is 11.0. The molecule has 1 aromatic carbocycles. The molecule has 1 rings (SSSR count). The van der Waals surface area contributed by atoms with E-state index in [2.05, 4.69) is 6.92 Å². The average molecular weight is 470 g/mol. The quantitative estimate of drug-likeness (QED) is 0.0839. The molecule has 2 nitrogen and oxygen atoms in total. The van der Waals surface area contributed by atoms with E-state index in [1.54, 1.807) is 0 Å². The van der Waals surface area contributed by atoms with Crippen LogP contribution in [0.1, 0.15) is 96.8 Å². The lowest BCUT2D eigenvalue weighted by atomic mass is 10.0. The van der Waals surface area contributed by atoms with Crippen LogP contribution in [0, 0.1) is 0 Å². The van der Waals surface area contributed by atoms with Crippen molar-refractivity contribution >= 4 is 52.4 Å². The molecule has 0 atom stereocenters. The molecule has 160 valence electrons. The maximum Gasteiger partial charge on any atom is 0.311 e. The van der Waals surface area contributed by atoms with Crippen molar-refractivity contribution in [2.75, 3.05) is 0 Å². The van der Waals surface area contributed by atoms with Crippen LogP contribution in [0.15, 0.2) is 6.07 Å². The Hall–Kier alpha value is -0.150. The molecule has 0 fully saturated rings. The number of esters is 1. The maximum atomic E-state index is 12.0. The Bertz CT molecular complexity index is 590. The van der Waals surface area contributed by atoms with Gasteiger partial charge in [0.25, 0.3) is 0 Å². The zero-order valence-corrected chi connectivity index (χ0v) is 19.8. The lowest BCUT2D eigenvalue weighted by molar-refractivity contribution is -0.134. The summed E-state index contributed by atoms with van der Waals surface area (Å²) in [4.78, 5) is 12.0.